The Bertz CT molecular complexity index is 501. The van der Waals surface area contributed by atoms with Crippen LogP contribution in [0.5, 0.6) is 0 Å². The minimum atomic E-state index is -0.593. The summed E-state index contributed by atoms with van der Waals surface area (Å²) < 4.78 is 13.4. The predicted molar refractivity (Wildman–Crippen MR) is 71.3 cm³/mol. The van der Waals surface area contributed by atoms with Crippen LogP contribution < -0.4 is 16.4 Å². The quantitative estimate of drug-likeness (QED) is 0.767. The summed E-state index contributed by atoms with van der Waals surface area (Å²) in [6.45, 7) is 5.11. The van der Waals surface area contributed by atoms with Crippen molar-refractivity contribution in [2.24, 2.45) is 5.73 Å². The van der Waals surface area contributed by atoms with Gasteiger partial charge in [0.25, 0.3) is 5.91 Å². The smallest absolute Gasteiger partial charge is 0.251 e. The zero-order valence-corrected chi connectivity index (χ0v) is 11.2. The van der Waals surface area contributed by atoms with Gasteiger partial charge in [-0.2, -0.15) is 0 Å². The second-order valence-electron chi connectivity index (χ2n) is 4.92. The molecule has 0 aliphatic rings. The molecule has 0 aliphatic carbocycles. The van der Waals surface area contributed by atoms with Crippen molar-refractivity contribution in [1.82, 2.24) is 5.32 Å². The molecule has 0 radical (unpaired) electrons. The first-order valence-corrected chi connectivity index (χ1v) is 5.85. The summed E-state index contributed by atoms with van der Waals surface area (Å²) >= 11 is 0. The fourth-order valence-electron chi connectivity index (χ4n) is 1.38. The highest BCUT2D eigenvalue weighted by atomic mass is 19.1. The molecule has 104 valence electrons. The number of nitrogens with two attached hydrogens (primary N) is 1. The molecule has 0 spiro atoms. The zero-order valence-electron chi connectivity index (χ0n) is 11.2. The van der Waals surface area contributed by atoms with E-state index >= 15 is 0 Å². The maximum atomic E-state index is 13.4. The van der Waals surface area contributed by atoms with E-state index in [4.69, 9.17) is 5.73 Å². The molecule has 0 bridgehead atoms. The minimum absolute atomic E-state index is 0.0225. The highest BCUT2D eigenvalue weighted by Gasteiger charge is 2.20. The van der Waals surface area contributed by atoms with Gasteiger partial charge in [0.2, 0.25) is 5.91 Å². The number of benzene rings is 1. The lowest BCUT2D eigenvalue weighted by Gasteiger charge is -2.24. The molecule has 0 saturated carbocycles. The number of carbonyl (C=O) groups is 2. The number of amides is 2. The van der Waals surface area contributed by atoms with Gasteiger partial charge in [-0.05, 0) is 32.0 Å². The number of rotatable bonds is 4. The molecule has 0 heterocycles. The first-order chi connectivity index (χ1) is 8.75. The summed E-state index contributed by atoms with van der Waals surface area (Å²) in [7, 11) is 0. The van der Waals surface area contributed by atoms with Crippen molar-refractivity contribution >= 4 is 17.5 Å². The van der Waals surface area contributed by atoms with Crippen molar-refractivity contribution in [3.05, 3.63) is 29.6 Å². The highest BCUT2D eigenvalue weighted by Crippen LogP contribution is 2.16. The SMILES string of the molecule is CC(=O)Nc1cc(C(=O)NC(C)(C)CN)ccc1F. The third-order valence-electron chi connectivity index (χ3n) is 2.50. The van der Waals surface area contributed by atoms with Crippen LogP contribution in [0.1, 0.15) is 31.1 Å². The average molecular weight is 267 g/mol. The minimum Gasteiger partial charge on any atom is -0.346 e. The molecule has 1 rings (SSSR count). The van der Waals surface area contributed by atoms with Crippen LogP contribution in [0.15, 0.2) is 18.2 Å². The summed E-state index contributed by atoms with van der Waals surface area (Å²) in [6, 6.07) is 3.77. The van der Waals surface area contributed by atoms with E-state index in [1.54, 1.807) is 13.8 Å². The van der Waals surface area contributed by atoms with Crippen LogP contribution in [-0.2, 0) is 4.79 Å². The maximum Gasteiger partial charge on any atom is 0.251 e. The molecule has 2 amide bonds. The molecule has 6 heteroatoms. The Morgan fingerprint density at radius 1 is 1.37 bits per heavy atom. The maximum absolute atomic E-state index is 13.4. The van der Waals surface area contributed by atoms with Crippen LogP contribution in [0, 0.1) is 5.82 Å². The fourth-order valence-corrected chi connectivity index (χ4v) is 1.38. The lowest BCUT2D eigenvalue weighted by atomic mass is 10.0. The van der Waals surface area contributed by atoms with Crippen molar-refractivity contribution in [1.29, 1.82) is 0 Å². The Labute approximate surface area is 111 Å². The monoisotopic (exact) mass is 267 g/mol. The predicted octanol–water partition coefficient (Wildman–Crippen LogP) is 1.25. The van der Waals surface area contributed by atoms with E-state index in [1.807, 2.05) is 0 Å². The summed E-state index contributed by atoms with van der Waals surface area (Å²) in [5.41, 5.74) is 5.20. The molecular weight excluding hydrogens is 249 g/mol. The standard InChI is InChI=1S/C13H18FN3O2/c1-8(18)16-11-6-9(4-5-10(11)14)12(19)17-13(2,3)7-15/h4-6H,7,15H2,1-3H3,(H,16,18)(H,17,19). The molecule has 0 aromatic heterocycles. The highest BCUT2D eigenvalue weighted by molar-refractivity contribution is 5.97. The van der Waals surface area contributed by atoms with Gasteiger partial charge >= 0.3 is 0 Å². The summed E-state index contributed by atoms with van der Waals surface area (Å²) in [5, 5.41) is 5.05. The van der Waals surface area contributed by atoms with E-state index in [0.29, 0.717) is 0 Å². The molecule has 19 heavy (non-hydrogen) atoms. The topological polar surface area (TPSA) is 84.2 Å². The number of hydrogen-bond acceptors (Lipinski definition) is 3. The van der Waals surface area contributed by atoms with Crippen LogP contribution in [0.4, 0.5) is 10.1 Å². The Morgan fingerprint density at radius 3 is 2.53 bits per heavy atom. The van der Waals surface area contributed by atoms with Crippen LogP contribution in [0.3, 0.4) is 0 Å². The van der Waals surface area contributed by atoms with Crippen molar-refractivity contribution in [2.45, 2.75) is 26.3 Å². The Balaban J connectivity index is 2.95. The first-order valence-electron chi connectivity index (χ1n) is 5.85. The third-order valence-corrected chi connectivity index (χ3v) is 2.50. The lowest BCUT2D eigenvalue weighted by molar-refractivity contribution is -0.114. The van der Waals surface area contributed by atoms with Crippen molar-refractivity contribution in [2.75, 3.05) is 11.9 Å². The van der Waals surface area contributed by atoms with E-state index < -0.39 is 17.3 Å². The van der Waals surface area contributed by atoms with Crippen LogP contribution >= 0.6 is 0 Å². The van der Waals surface area contributed by atoms with Gasteiger partial charge in [0, 0.05) is 24.6 Å². The zero-order chi connectivity index (χ0) is 14.6. The van der Waals surface area contributed by atoms with E-state index in [-0.39, 0.29) is 23.7 Å². The number of nitrogens with one attached hydrogen (secondary N) is 2. The molecule has 0 saturated heterocycles. The van der Waals surface area contributed by atoms with Gasteiger partial charge in [0.15, 0.2) is 0 Å². The molecule has 0 fully saturated rings. The van der Waals surface area contributed by atoms with Crippen molar-refractivity contribution in [3.8, 4) is 0 Å². The van der Waals surface area contributed by atoms with Gasteiger partial charge in [-0.15, -0.1) is 0 Å². The average Bonchev–Trinajstić information content (AvgIpc) is 2.30. The van der Waals surface area contributed by atoms with Gasteiger partial charge in [-0.1, -0.05) is 0 Å². The number of carbonyl (C=O) groups excluding carboxylic acids is 2. The normalized spacial score (nSPS) is 11.0. The van der Waals surface area contributed by atoms with Gasteiger partial charge in [-0.25, -0.2) is 4.39 Å². The first kappa shape index (κ1) is 15.1. The Kier molecular flexibility index (Phi) is 4.61. The third kappa shape index (κ3) is 4.33. The number of halogens is 1. The lowest BCUT2D eigenvalue weighted by Crippen LogP contribution is -2.48. The van der Waals surface area contributed by atoms with Gasteiger partial charge in [0.05, 0.1) is 5.69 Å². The van der Waals surface area contributed by atoms with Crippen molar-refractivity contribution in [3.63, 3.8) is 0 Å². The molecule has 4 N–H and O–H groups in total. The Morgan fingerprint density at radius 2 is 2.00 bits per heavy atom. The van der Waals surface area contributed by atoms with E-state index in [9.17, 15) is 14.0 Å². The largest absolute Gasteiger partial charge is 0.346 e. The molecule has 0 atom stereocenters. The molecule has 0 unspecified atom stereocenters. The molecule has 1 aromatic rings. The molecular formula is C13H18FN3O2. The van der Waals surface area contributed by atoms with Gasteiger partial charge in [0.1, 0.15) is 5.82 Å². The van der Waals surface area contributed by atoms with E-state index in [2.05, 4.69) is 10.6 Å². The van der Waals surface area contributed by atoms with E-state index in [0.717, 1.165) is 6.07 Å². The summed E-state index contributed by atoms with van der Waals surface area (Å²) in [4.78, 5) is 22.9. The van der Waals surface area contributed by atoms with Crippen molar-refractivity contribution < 1.29 is 14.0 Å². The van der Waals surface area contributed by atoms with Crippen LogP contribution in [0.2, 0.25) is 0 Å². The molecule has 1 aromatic carbocycles. The molecule has 5 nitrogen and oxygen atoms in total. The van der Waals surface area contributed by atoms with Gasteiger partial charge < -0.3 is 16.4 Å². The summed E-state index contributed by atoms with van der Waals surface area (Å²) in [5.74, 6) is -1.37. The van der Waals surface area contributed by atoms with E-state index in [1.165, 1.54) is 19.1 Å². The van der Waals surface area contributed by atoms with Crippen LogP contribution in [0.25, 0.3) is 0 Å². The van der Waals surface area contributed by atoms with Gasteiger partial charge in [-0.3, -0.25) is 9.59 Å². The fraction of sp³-hybridized carbons (Fsp3) is 0.385. The van der Waals surface area contributed by atoms with Crippen LogP contribution in [-0.4, -0.2) is 23.9 Å². The second kappa shape index (κ2) is 5.79. The number of hydrogen-bond donors (Lipinski definition) is 3. The molecule has 0 aliphatic heterocycles. The summed E-state index contributed by atoms with van der Waals surface area (Å²) in [6.07, 6.45) is 0. The Hall–Kier alpha value is -1.95. The second-order valence-corrected chi connectivity index (χ2v) is 4.92. The number of anilines is 1.